The van der Waals surface area contributed by atoms with Gasteiger partial charge in [-0.25, -0.2) is 4.98 Å². The minimum Gasteiger partial charge on any atom is -0.497 e. The van der Waals surface area contributed by atoms with Crippen molar-refractivity contribution in [1.82, 2.24) is 14.8 Å². The second-order valence-electron chi connectivity index (χ2n) is 3.64. The molecule has 2 rings (SSSR count). The normalized spacial score (nSPS) is 10.5. The highest BCUT2D eigenvalue weighted by atomic mass is 16.5. The summed E-state index contributed by atoms with van der Waals surface area (Å²) in [6, 6.07) is 7.65. The van der Waals surface area contributed by atoms with Crippen molar-refractivity contribution in [2.75, 3.05) is 14.2 Å². The molecule has 0 N–H and O–H groups in total. The highest BCUT2D eigenvalue weighted by Crippen LogP contribution is 2.19. The Kier molecular flexibility index (Phi) is 3.39. The zero-order chi connectivity index (χ0) is 12.3. The second kappa shape index (κ2) is 4.97. The fraction of sp³-hybridized carbons (Fsp3) is 0.333. The van der Waals surface area contributed by atoms with Gasteiger partial charge in [0.1, 0.15) is 12.4 Å². The van der Waals surface area contributed by atoms with Gasteiger partial charge in [-0.2, -0.15) is 5.10 Å². The number of rotatable bonds is 4. The number of methoxy groups -OCH3 is 2. The summed E-state index contributed by atoms with van der Waals surface area (Å²) in [4.78, 5) is 4.41. The van der Waals surface area contributed by atoms with Crippen LogP contribution in [-0.2, 0) is 18.4 Å². The third kappa shape index (κ3) is 2.45. The number of aryl methyl sites for hydroxylation is 1. The number of nitrogens with zero attached hydrogens (tertiary/aromatic N) is 3. The van der Waals surface area contributed by atoms with Crippen LogP contribution < -0.4 is 4.74 Å². The summed E-state index contributed by atoms with van der Waals surface area (Å²) in [7, 11) is 5.14. The van der Waals surface area contributed by atoms with Gasteiger partial charge in [0.15, 0.2) is 11.6 Å². The summed E-state index contributed by atoms with van der Waals surface area (Å²) in [6.07, 6.45) is 0. The van der Waals surface area contributed by atoms with Crippen molar-refractivity contribution in [2.45, 2.75) is 6.61 Å². The van der Waals surface area contributed by atoms with Crippen molar-refractivity contribution in [2.24, 2.45) is 7.05 Å². The number of hydrogen-bond donors (Lipinski definition) is 0. The predicted molar refractivity (Wildman–Crippen MR) is 63.7 cm³/mol. The Morgan fingerprint density at radius 3 is 2.47 bits per heavy atom. The molecule has 1 aromatic heterocycles. The Hall–Kier alpha value is -1.88. The van der Waals surface area contributed by atoms with Gasteiger partial charge in [-0.3, -0.25) is 4.68 Å². The zero-order valence-electron chi connectivity index (χ0n) is 10.2. The molecular formula is C12H15N3O2. The molecule has 0 aliphatic carbocycles. The fourth-order valence-electron chi connectivity index (χ4n) is 1.53. The van der Waals surface area contributed by atoms with E-state index < -0.39 is 0 Å². The quantitative estimate of drug-likeness (QED) is 0.805. The van der Waals surface area contributed by atoms with Crippen LogP contribution in [0.25, 0.3) is 11.4 Å². The Labute approximate surface area is 100 Å². The van der Waals surface area contributed by atoms with Crippen molar-refractivity contribution in [3.8, 4) is 17.1 Å². The van der Waals surface area contributed by atoms with Gasteiger partial charge in [-0.1, -0.05) is 0 Å². The van der Waals surface area contributed by atoms with Crippen LogP contribution in [0.15, 0.2) is 24.3 Å². The molecule has 0 saturated carbocycles. The van der Waals surface area contributed by atoms with Gasteiger partial charge in [0.2, 0.25) is 0 Å². The van der Waals surface area contributed by atoms with E-state index in [9.17, 15) is 0 Å². The van der Waals surface area contributed by atoms with E-state index in [4.69, 9.17) is 9.47 Å². The number of aromatic nitrogens is 3. The van der Waals surface area contributed by atoms with Crippen LogP contribution in [0.3, 0.4) is 0 Å². The molecule has 90 valence electrons. The predicted octanol–water partition coefficient (Wildman–Crippen LogP) is 1.64. The molecular weight excluding hydrogens is 218 g/mol. The van der Waals surface area contributed by atoms with Gasteiger partial charge in [0, 0.05) is 19.7 Å². The molecule has 2 aromatic rings. The Balaban J connectivity index is 2.29. The van der Waals surface area contributed by atoms with Crippen molar-refractivity contribution in [1.29, 1.82) is 0 Å². The Morgan fingerprint density at radius 2 is 1.88 bits per heavy atom. The molecule has 0 aliphatic heterocycles. The van der Waals surface area contributed by atoms with E-state index in [0.717, 1.165) is 17.1 Å². The fourth-order valence-corrected chi connectivity index (χ4v) is 1.53. The van der Waals surface area contributed by atoms with Gasteiger partial charge >= 0.3 is 0 Å². The Morgan fingerprint density at radius 1 is 1.18 bits per heavy atom. The lowest BCUT2D eigenvalue weighted by molar-refractivity contribution is 0.174. The van der Waals surface area contributed by atoms with Crippen LogP contribution in [-0.4, -0.2) is 29.0 Å². The third-order valence-electron chi connectivity index (χ3n) is 2.47. The molecule has 5 heteroatoms. The lowest BCUT2D eigenvalue weighted by atomic mass is 10.2. The molecule has 0 radical (unpaired) electrons. The summed E-state index contributed by atoms with van der Waals surface area (Å²) in [5, 5.41) is 4.34. The van der Waals surface area contributed by atoms with Crippen LogP contribution in [0.5, 0.6) is 5.75 Å². The van der Waals surface area contributed by atoms with Crippen LogP contribution in [0.4, 0.5) is 0 Å². The molecule has 0 spiro atoms. The van der Waals surface area contributed by atoms with Crippen molar-refractivity contribution in [3.63, 3.8) is 0 Å². The van der Waals surface area contributed by atoms with E-state index in [1.54, 1.807) is 18.9 Å². The number of benzene rings is 1. The molecule has 0 aliphatic rings. The molecule has 1 aromatic carbocycles. The third-order valence-corrected chi connectivity index (χ3v) is 2.47. The Bertz CT molecular complexity index is 491. The molecule has 17 heavy (non-hydrogen) atoms. The number of hydrogen-bond acceptors (Lipinski definition) is 4. The van der Waals surface area contributed by atoms with Gasteiger partial charge in [0.25, 0.3) is 0 Å². The van der Waals surface area contributed by atoms with Crippen LogP contribution in [0, 0.1) is 0 Å². The second-order valence-corrected chi connectivity index (χ2v) is 3.64. The first-order chi connectivity index (χ1) is 8.24. The molecule has 5 nitrogen and oxygen atoms in total. The molecule has 0 atom stereocenters. The first-order valence-corrected chi connectivity index (χ1v) is 5.28. The molecule has 0 saturated heterocycles. The van der Waals surface area contributed by atoms with Crippen LogP contribution in [0.2, 0.25) is 0 Å². The van der Waals surface area contributed by atoms with Crippen LogP contribution >= 0.6 is 0 Å². The standard InChI is InChI=1S/C12H15N3O2/c1-15-11(8-16-2)13-12(14-15)9-4-6-10(17-3)7-5-9/h4-7H,8H2,1-3H3. The molecule has 0 amide bonds. The van der Waals surface area contributed by atoms with Crippen LogP contribution in [0.1, 0.15) is 5.82 Å². The molecule has 0 bridgehead atoms. The van der Waals surface area contributed by atoms with E-state index in [0.29, 0.717) is 12.4 Å². The maximum atomic E-state index is 5.11. The first-order valence-electron chi connectivity index (χ1n) is 5.28. The smallest absolute Gasteiger partial charge is 0.181 e. The summed E-state index contributed by atoms with van der Waals surface area (Å²) in [6.45, 7) is 0.458. The maximum absolute atomic E-state index is 5.11. The van der Waals surface area contributed by atoms with E-state index in [-0.39, 0.29) is 0 Å². The highest BCUT2D eigenvalue weighted by Gasteiger charge is 2.08. The maximum Gasteiger partial charge on any atom is 0.181 e. The zero-order valence-corrected chi connectivity index (χ0v) is 10.2. The highest BCUT2D eigenvalue weighted by molar-refractivity contribution is 5.55. The average Bonchev–Trinajstić information content (AvgIpc) is 2.72. The summed E-state index contributed by atoms with van der Waals surface area (Å²) >= 11 is 0. The van der Waals surface area contributed by atoms with Gasteiger partial charge in [-0.05, 0) is 24.3 Å². The van der Waals surface area contributed by atoms with Crippen molar-refractivity contribution in [3.05, 3.63) is 30.1 Å². The van der Waals surface area contributed by atoms with E-state index >= 15 is 0 Å². The van der Waals surface area contributed by atoms with Gasteiger partial charge in [0.05, 0.1) is 7.11 Å². The summed E-state index contributed by atoms with van der Waals surface area (Å²) in [5.41, 5.74) is 0.962. The lowest BCUT2D eigenvalue weighted by Gasteiger charge is -1.99. The largest absolute Gasteiger partial charge is 0.497 e. The number of ether oxygens (including phenoxy) is 2. The van der Waals surface area contributed by atoms with E-state index in [1.165, 1.54) is 0 Å². The topological polar surface area (TPSA) is 49.2 Å². The average molecular weight is 233 g/mol. The summed E-state index contributed by atoms with van der Waals surface area (Å²) in [5.74, 6) is 2.32. The lowest BCUT2D eigenvalue weighted by Crippen LogP contribution is -2.00. The monoisotopic (exact) mass is 233 g/mol. The molecule has 1 heterocycles. The minimum atomic E-state index is 0.458. The van der Waals surface area contributed by atoms with Gasteiger partial charge in [-0.15, -0.1) is 0 Å². The SMILES string of the molecule is COCc1nc(-c2ccc(OC)cc2)nn1C. The summed E-state index contributed by atoms with van der Waals surface area (Å²) < 4.78 is 11.9. The van der Waals surface area contributed by atoms with Gasteiger partial charge < -0.3 is 9.47 Å². The molecule has 0 fully saturated rings. The minimum absolute atomic E-state index is 0.458. The first kappa shape index (κ1) is 11.6. The van der Waals surface area contributed by atoms with E-state index in [2.05, 4.69) is 10.1 Å². The molecule has 0 unspecified atom stereocenters. The van der Waals surface area contributed by atoms with Crippen molar-refractivity contribution < 1.29 is 9.47 Å². The van der Waals surface area contributed by atoms with E-state index in [1.807, 2.05) is 31.3 Å². The van der Waals surface area contributed by atoms with Crippen molar-refractivity contribution >= 4 is 0 Å².